The Kier molecular flexibility index (Phi) is 4.66. The summed E-state index contributed by atoms with van der Waals surface area (Å²) >= 11 is 0. The summed E-state index contributed by atoms with van der Waals surface area (Å²) in [5.74, 6) is 0.926. The van der Waals surface area contributed by atoms with Crippen molar-refractivity contribution in [3.05, 3.63) is 35.7 Å². The van der Waals surface area contributed by atoms with E-state index in [0.717, 1.165) is 25.9 Å². The Morgan fingerprint density at radius 1 is 1.25 bits per heavy atom. The molecule has 1 fully saturated rings. The van der Waals surface area contributed by atoms with Gasteiger partial charge in [-0.25, -0.2) is 0 Å². The van der Waals surface area contributed by atoms with Crippen LogP contribution in [0.25, 0.3) is 11.5 Å². The summed E-state index contributed by atoms with van der Waals surface area (Å²) in [5.41, 5.74) is 1.04. The number of nitrogens with one attached hydrogen (secondary N) is 2. The van der Waals surface area contributed by atoms with E-state index >= 15 is 0 Å². The molecule has 2 aromatic rings. The average Bonchev–Trinajstić information content (AvgIpc) is 3.06. The Hall–Kier alpha value is -2.21. The molecular weight excluding hydrogens is 304 g/mol. The molecule has 0 unspecified atom stereocenters. The van der Waals surface area contributed by atoms with E-state index in [9.17, 15) is 4.79 Å². The van der Waals surface area contributed by atoms with Gasteiger partial charge in [0.25, 0.3) is 11.8 Å². The first-order valence-electron chi connectivity index (χ1n) is 8.40. The predicted octanol–water partition coefficient (Wildman–Crippen LogP) is 2.52. The summed E-state index contributed by atoms with van der Waals surface area (Å²) < 4.78 is 5.41. The third kappa shape index (κ3) is 3.64. The van der Waals surface area contributed by atoms with Crippen LogP contribution < -0.4 is 10.6 Å². The van der Waals surface area contributed by atoms with Gasteiger partial charge in [-0.2, -0.15) is 4.98 Å². The lowest BCUT2D eigenvalue weighted by Crippen LogP contribution is -2.42. The number of nitrogens with zero attached hydrogens (tertiary/aromatic N) is 2. The van der Waals surface area contributed by atoms with E-state index in [0.29, 0.717) is 22.8 Å². The largest absolute Gasteiger partial charge is 0.349 e. The Bertz CT molecular complexity index is 712. The molecule has 0 atom stereocenters. The minimum absolute atomic E-state index is 0.0898. The van der Waals surface area contributed by atoms with Crippen LogP contribution in [0.2, 0.25) is 0 Å². The third-order valence-electron chi connectivity index (χ3n) is 4.17. The highest BCUT2D eigenvalue weighted by Crippen LogP contribution is 2.26. The van der Waals surface area contributed by atoms with Crippen LogP contribution >= 0.6 is 0 Å². The Labute approximate surface area is 142 Å². The normalized spacial score (nSPS) is 16.1. The van der Waals surface area contributed by atoms with Crippen molar-refractivity contribution < 1.29 is 9.32 Å². The van der Waals surface area contributed by atoms with E-state index < -0.39 is 0 Å². The first-order valence-corrected chi connectivity index (χ1v) is 8.40. The van der Waals surface area contributed by atoms with E-state index in [1.54, 1.807) is 6.07 Å². The topological polar surface area (TPSA) is 80.0 Å². The van der Waals surface area contributed by atoms with Gasteiger partial charge in [-0.3, -0.25) is 4.79 Å². The van der Waals surface area contributed by atoms with Crippen molar-refractivity contribution in [2.24, 2.45) is 0 Å². The van der Waals surface area contributed by atoms with Crippen molar-refractivity contribution in [2.75, 3.05) is 13.1 Å². The summed E-state index contributed by atoms with van der Waals surface area (Å²) in [6, 6.07) is 7.57. The molecule has 2 heterocycles. The van der Waals surface area contributed by atoms with Crippen molar-refractivity contribution in [3.63, 3.8) is 0 Å². The van der Waals surface area contributed by atoms with E-state index in [1.165, 1.54) is 0 Å². The van der Waals surface area contributed by atoms with Crippen LogP contribution in [-0.2, 0) is 5.41 Å². The molecule has 1 aliphatic rings. The molecule has 0 saturated carbocycles. The fourth-order valence-electron chi connectivity index (χ4n) is 2.73. The van der Waals surface area contributed by atoms with Gasteiger partial charge in [0.2, 0.25) is 0 Å². The molecule has 1 aromatic carbocycles. The molecule has 24 heavy (non-hydrogen) atoms. The quantitative estimate of drug-likeness (QED) is 0.905. The number of aromatic nitrogens is 2. The van der Waals surface area contributed by atoms with Crippen molar-refractivity contribution in [3.8, 4) is 11.5 Å². The zero-order valence-electron chi connectivity index (χ0n) is 14.4. The Morgan fingerprint density at radius 3 is 2.62 bits per heavy atom. The smallest absolute Gasteiger partial charge is 0.258 e. The van der Waals surface area contributed by atoms with Gasteiger partial charge in [-0.05, 0) is 38.1 Å². The van der Waals surface area contributed by atoms with E-state index in [4.69, 9.17) is 4.52 Å². The maximum absolute atomic E-state index is 12.7. The number of rotatable bonds is 3. The number of amides is 1. The van der Waals surface area contributed by atoms with Crippen molar-refractivity contribution >= 4 is 5.91 Å². The summed E-state index contributed by atoms with van der Waals surface area (Å²) in [6.07, 6.45) is 1.89. The van der Waals surface area contributed by atoms with Crippen LogP contribution in [0.5, 0.6) is 0 Å². The Balaban J connectivity index is 1.85. The van der Waals surface area contributed by atoms with Gasteiger partial charge in [-0.1, -0.05) is 38.1 Å². The molecule has 0 radical (unpaired) electrons. The van der Waals surface area contributed by atoms with Gasteiger partial charge in [0.15, 0.2) is 5.82 Å². The molecule has 1 aliphatic heterocycles. The molecule has 2 N–H and O–H groups in total. The first kappa shape index (κ1) is 16.6. The molecule has 0 aliphatic carbocycles. The zero-order valence-corrected chi connectivity index (χ0v) is 14.4. The van der Waals surface area contributed by atoms with Crippen molar-refractivity contribution in [2.45, 2.75) is 45.1 Å². The van der Waals surface area contributed by atoms with E-state index in [2.05, 4.69) is 20.8 Å². The van der Waals surface area contributed by atoms with Crippen LogP contribution in [0.4, 0.5) is 0 Å². The number of hydrogen-bond donors (Lipinski definition) is 2. The van der Waals surface area contributed by atoms with Crippen LogP contribution in [0.15, 0.2) is 28.8 Å². The van der Waals surface area contributed by atoms with Gasteiger partial charge >= 0.3 is 0 Å². The average molecular weight is 328 g/mol. The highest BCUT2D eigenvalue weighted by molar-refractivity contribution is 6.00. The van der Waals surface area contributed by atoms with Crippen LogP contribution in [0.1, 0.15) is 49.8 Å². The van der Waals surface area contributed by atoms with Gasteiger partial charge in [0.1, 0.15) is 0 Å². The molecule has 6 nitrogen and oxygen atoms in total. The molecule has 128 valence electrons. The molecule has 1 aromatic heterocycles. The van der Waals surface area contributed by atoms with E-state index in [-0.39, 0.29) is 17.4 Å². The number of carbonyl (C=O) groups is 1. The van der Waals surface area contributed by atoms with Crippen molar-refractivity contribution in [1.82, 2.24) is 20.8 Å². The summed E-state index contributed by atoms with van der Waals surface area (Å²) in [6.45, 7) is 7.95. The number of piperidine rings is 1. The molecule has 1 saturated heterocycles. The molecule has 6 heteroatoms. The van der Waals surface area contributed by atoms with Crippen LogP contribution in [0.3, 0.4) is 0 Å². The second kappa shape index (κ2) is 6.73. The zero-order chi connectivity index (χ0) is 17.2. The molecule has 3 rings (SSSR count). The molecular formula is C18H24N4O2. The summed E-state index contributed by atoms with van der Waals surface area (Å²) in [5, 5.41) is 10.5. The maximum atomic E-state index is 12.7. The second-order valence-electron chi connectivity index (χ2n) is 7.22. The molecule has 0 bridgehead atoms. The minimum atomic E-state index is -0.200. The van der Waals surface area contributed by atoms with Crippen LogP contribution in [0, 0.1) is 0 Å². The third-order valence-corrected chi connectivity index (χ3v) is 4.17. The van der Waals surface area contributed by atoms with Gasteiger partial charge in [0, 0.05) is 11.5 Å². The van der Waals surface area contributed by atoms with Crippen LogP contribution in [-0.4, -0.2) is 35.2 Å². The fourth-order valence-corrected chi connectivity index (χ4v) is 2.73. The second-order valence-corrected chi connectivity index (χ2v) is 7.22. The van der Waals surface area contributed by atoms with E-state index in [1.807, 2.05) is 39.0 Å². The Morgan fingerprint density at radius 2 is 1.96 bits per heavy atom. The number of carbonyl (C=O) groups excluding carboxylic acids is 1. The lowest BCUT2D eigenvalue weighted by molar-refractivity contribution is 0.0930. The monoisotopic (exact) mass is 328 g/mol. The predicted molar refractivity (Wildman–Crippen MR) is 91.8 cm³/mol. The SMILES string of the molecule is CC(C)(C)c1noc(-c2ccccc2C(=O)NC2CCNCC2)n1. The first-order chi connectivity index (χ1) is 11.4. The van der Waals surface area contributed by atoms with Gasteiger partial charge < -0.3 is 15.2 Å². The van der Waals surface area contributed by atoms with Crippen molar-refractivity contribution in [1.29, 1.82) is 0 Å². The highest BCUT2D eigenvalue weighted by Gasteiger charge is 2.24. The summed E-state index contributed by atoms with van der Waals surface area (Å²) in [7, 11) is 0. The summed E-state index contributed by atoms with van der Waals surface area (Å²) in [4.78, 5) is 17.2. The fraction of sp³-hybridized carbons (Fsp3) is 0.500. The highest BCUT2D eigenvalue weighted by atomic mass is 16.5. The lowest BCUT2D eigenvalue weighted by Gasteiger charge is -2.23. The number of benzene rings is 1. The minimum Gasteiger partial charge on any atom is -0.349 e. The molecule has 1 amide bonds. The number of hydrogen-bond acceptors (Lipinski definition) is 5. The maximum Gasteiger partial charge on any atom is 0.258 e. The lowest BCUT2D eigenvalue weighted by atomic mass is 9.96. The standard InChI is InChI=1S/C18H24N4O2/c1-18(2,3)17-21-16(24-22-17)14-7-5-4-6-13(14)15(23)20-12-8-10-19-11-9-12/h4-7,12,19H,8-11H2,1-3H3,(H,20,23). The van der Waals surface area contributed by atoms with Gasteiger partial charge in [0.05, 0.1) is 11.1 Å². The molecule has 0 spiro atoms. The van der Waals surface area contributed by atoms with Gasteiger partial charge in [-0.15, -0.1) is 0 Å².